The van der Waals surface area contributed by atoms with E-state index in [4.69, 9.17) is 21.1 Å². The van der Waals surface area contributed by atoms with Crippen molar-refractivity contribution in [3.05, 3.63) is 39.0 Å². The van der Waals surface area contributed by atoms with Crippen molar-refractivity contribution in [2.45, 2.75) is 25.3 Å². The number of benzene rings is 1. The summed E-state index contributed by atoms with van der Waals surface area (Å²) in [5.74, 6) is 1.48. The Bertz CT molecular complexity index is 641. The van der Waals surface area contributed by atoms with E-state index in [0.717, 1.165) is 34.4 Å². The molecule has 0 fully saturated rings. The number of thiophene rings is 1. The predicted octanol–water partition coefficient (Wildman–Crippen LogP) is 4.91. The Labute approximate surface area is 133 Å². The van der Waals surface area contributed by atoms with Gasteiger partial charge < -0.3 is 14.8 Å². The van der Waals surface area contributed by atoms with Crippen molar-refractivity contribution in [1.82, 2.24) is 0 Å². The molecule has 1 N–H and O–H groups in total. The molecule has 0 saturated heterocycles. The summed E-state index contributed by atoms with van der Waals surface area (Å²) < 4.78 is 11.5. The highest BCUT2D eigenvalue weighted by Gasteiger charge is 2.22. The Hall–Kier alpha value is -1.39. The number of rotatable bonds is 4. The van der Waals surface area contributed by atoms with Gasteiger partial charge in [0.2, 0.25) is 0 Å². The first-order valence-electron chi connectivity index (χ1n) is 6.98. The molecule has 1 aliphatic carbocycles. The molecule has 0 aliphatic heterocycles. The summed E-state index contributed by atoms with van der Waals surface area (Å²) >= 11 is 7.86. The fourth-order valence-electron chi connectivity index (χ4n) is 2.80. The molecule has 0 saturated carbocycles. The minimum absolute atomic E-state index is 0.315. The average Bonchev–Trinajstić information content (AvgIpc) is 2.88. The Morgan fingerprint density at radius 2 is 2.00 bits per heavy atom. The molecule has 21 heavy (non-hydrogen) atoms. The van der Waals surface area contributed by atoms with Crippen molar-refractivity contribution in [1.29, 1.82) is 0 Å². The first-order valence-corrected chi connectivity index (χ1v) is 8.17. The summed E-state index contributed by atoms with van der Waals surface area (Å²) in [6.45, 7) is 0. The molecule has 3 nitrogen and oxygen atoms in total. The molecule has 0 radical (unpaired) electrons. The van der Waals surface area contributed by atoms with Gasteiger partial charge in [-0.2, -0.15) is 0 Å². The molecule has 1 atom stereocenters. The standard InChI is InChI=1S/C16H18ClNO2S/c1-19-13-7-6-10(8-14(13)20-2)18-12-4-3-5-15-11(12)9-16(17)21-15/h6-9,12,18H,3-5H2,1-2H3. The van der Waals surface area contributed by atoms with E-state index in [0.29, 0.717) is 6.04 Å². The maximum Gasteiger partial charge on any atom is 0.162 e. The zero-order valence-corrected chi connectivity index (χ0v) is 13.7. The van der Waals surface area contributed by atoms with Crippen LogP contribution in [0.2, 0.25) is 4.34 Å². The number of anilines is 1. The van der Waals surface area contributed by atoms with Crippen molar-refractivity contribution in [3.8, 4) is 11.5 Å². The van der Waals surface area contributed by atoms with Crippen LogP contribution in [0.4, 0.5) is 5.69 Å². The highest BCUT2D eigenvalue weighted by Crippen LogP contribution is 2.40. The second-order valence-electron chi connectivity index (χ2n) is 5.09. The average molecular weight is 324 g/mol. The number of nitrogens with one attached hydrogen (secondary N) is 1. The van der Waals surface area contributed by atoms with E-state index >= 15 is 0 Å². The van der Waals surface area contributed by atoms with E-state index in [-0.39, 0.29) is 0 Å². The SMILES string of the molecule is COc1ccc(NC2CCCc3sc(Cl)cc32)cc1OC. The van der Waals surface area contributed by atoms with Crippen LogP contribution in [0.25, 0.3) is 0 Å². The van der Waals surface area contributed by atoms with Crippen LogP contribution in [-0.2, 0) is 6.42 Å². The van der Waals surface area contributed by atoms with Gasteiger partial charge in [-0.1, -0.05) is 11.6 Å². The van der Waals surface area contributed by atoms with Gasteiger partial charge in [0.25, 0.3) is 0 Å². The van der Waals surface area contributed by atoms with Crippen molar-refractivity contribution >= 4 is 28.6 Å². The number of halogens is 1. The zero-order chi connectivity index (χ0) is 14.8. The van der Waals surface area contributed by atoms with Crippen molar-refractivity contribution < 1.29 is 9.47 Å². The summed E-state index contributed by atoms with van der Waals surface area (Å²) in [7, 11) is 3.30. The summed E-state index contributed by atoms with van der Waals surface area (Å²) in [4.78, 5) is 1.41. The first-order chi connectivity index (χ1) is 10.2. The molecular weight excluding hydrogens is 306 g/mol. The first kappa shape index (κ1) is 14.5. The molecule has 2 aromatic rings. The molecule has 1 aliphatic rings. The van der Waals surface area contributed by atoms with Crippen LogP contribution >= 0.6 is 22.9 Å². The topological polar surface area (TPSA) is 30.5 Å². The Balaban J connectivity index is 1.84. The normalized spacial score (nSPS) is 17.2. The summed E-state index contributed by atoms with van der Waals surface area (Å²) in [6.07, 6.45) is 3.44. The van der Waals surface area contributed by atoms with Crippen LogP contribution in [0.15, 0.2) is 24.3 Å². The van der Waals surface area contributed by atoms with Gasteiger partial charge >= 0.3 is 0 Å². The minimum atomic E-state index is 0.315. The van der Waals surface area contributed by atoms with Gasteiger partial charge in [0.05, 0.1) is 24.6 Å². The van der Waals surface area contributed by atoms with Gasteiger partial charge in [0.1, 0.15) is 0 Å². The van der Waals surface area contributed by atoms with Crippen molar-refractivity contribution in [3.63, 3.8) is 0 Å². The molecule has 112 valence electrons. The maximum absolute atomic E-state index is 6.16. The molecule has 0 bridgehead atoms. The van der Waals surface area contributed by atoms with Gasteiger partial charge in [-0.3, -0.25) is 0 Å². The monoisotopic (exact) mass is 323 g/mol. The molecule has 3 rings (SSSR count). The van der Waals surface area contributed by atoms with Gasteiger partial charge in [0.15, 0.2) is 11.5 Å². The van der Waals surface area contributed by atoms with Gasteiger partial charge in [0, 0.05) is 16.6 Å². The quantitative estimate of drug-likeness (QED) is 0.867. The summed E-state index contributed by atoms with van der Waals surface area (Å²) in [5, 5.41) is 3.59. The summed E-state index contributed by atoms with van der Waals surface area (Å²) in [5.41, 5.74) is 2.37. The maximum atomic E-state index is 6.16. The summed E-state index contributed by atoms with van der Waals surface area (Å²) in [6, 6.07) is 8.32. The van der Waals surface area contributed by atoms with Crippen LogP contribution < -0.4 is 14.8 Å². The van der Waals surface area contributed by atoms with Crippen LogP contribution in [0, 0.1) is 0 Å². The van der Waals surface area contributed by atoms with E-state index in [2.05, 4.69) is 11.4 Å². The zero-order valence-electron chi connectivity index (χ0n) is 12.1. The second-order valence-corrected chi connectivity index (χ2v) is 6.86. The molecule has 0 spiro atoms. The van der Waals surface area contributed by atoms with Crippen molar-refractivity contribution in [2.75, 3.05) is 19.5 Å². The van der Waals surface area contributed by atoms with Gasteiger partial charge in [-0.25, -0.2) is 0 Å². The lowest BCUT2D eigenvalue weighted by atomic mass is 9.94. The molecule has 1 aromatic heterocycles. The van der Waals surface area contributed by atoms with E-state index < -0.39 is 0 Å². The van der Waals surface area contributed by atoms with E-state index in [9.17, 15) is 0 Å². The number of aryl methyl sites for hydroxylation is 1. The molecule has 1 unspecified atom stereocenters. The molecule has 1 heterocycles. The Morgan fingerprint density at radius 3 is 2.76 bits per heavy atom. The number of hydrogen-bond acceptors (Lipinski definition) is 4. The molecule has 0 amide bonds. The lowest BCUT2D eigenvalue weighted by Crippen LogP contribution is -2.15. The molecule has 5 heteroatoms. The van der Waals surface area contributed by atoms with Gasteiger partial charge in [-0.15, -0.1) is 11.3 Å². The number of hydrogen-bond donors (Lipinski definition) is 1. The van der Waals surface area contributed by atoms with Crippen LogP contribution in [0.5, 0.6) is 11.5 Å². The lowest BCUT2D eigenvalue weighted by Gasteiger charge is -2.25. The third-order valence-corrected chi connectivity index (χ3v) is 5.15. The van der Waals surface area contributed by atoms with E-state index in [1.165, 1.54) is 16.9 Å². The fourth-order valence-corrected chi connectivity index (χ4v) is 4.18. The van der Waals surface area contributed by atoms with Crippen molar-refractivity contribution in [2.24, 2.45) is 0 Å². The highest BCUT2D eigenvalue weighted by atomic mass is 35.5. The molecule has 1 aromatic carbocycles. The van der Waals surface area contributed by atoms with Crippen LogP contribution in [0.3, 0.4) is 0 Å². The third kappa shape index (κ3) is 2.97. The van der Waals surface area contributed by atoms with Crippen LogP contribution in [0.1, 0.15) is 29.3 Å². The number of fused-ring (bicyclic) bond motifs is 1. The van der Waals surface area contributed by atoms with E-state index in [1.807, 2.05) is 18.2 Å². The Morgan fingerprint density at radius 1 is 1.19 bits per heavy atom. The van der Waals surface area contributed by atoms with Gasteiger partial charge in [-0.05, 0) is 43.0 Å². The van der Waals surface area contributed by atoms with E-state index in [1.54, 1.807) is 25.6 Å². The molecular formula is C16H18ClNO2S. The predicted molar refractivity (Wildman–Crippen MR) is 88.2 cm³/mol. The van der Waals surface area contributed by atoms with Crippen LogP contribution in [-0.4, -0.2) is 14.2 Å². The fraction of sp³-hybridized carbons (Fsp3) is 0.375. The lowest BCUT2D eigenvalue weighted by molar-refractivity contribution is 0.355. The third-order valence-electron chi connectivity index (χ3n) is 3.81. The smallest absolute Gasteiger partial charge is 0.162 e. The highest BCUT2D eigenvalue weighted by molar-refractivity contribution is 7.16. The minimum Gasteiger partial charge on any atom is -0.493 e. The Kier molecular flexibility index (Phi) is 4.27. The number of methoxy groups -OCH3 is 2. The number of ether oxygens (including phenoxy) is 2. The largest absolute Gasteiger partial charge is 0.493 e. The second kappa shape index (κ2) is 6.16.